The van der Waals surface area contributed by atoms with Crippen molar-refractivity contribution in [2.45, 2.75) is 72.7 Å². The summed E-state index contributed by atoms with van der Waals surface area (Å²) in [7, 11) is 0. The maximum atomic E-state index is 14.7. The SMILES string of the molecule is CC(=O)N[C@](Cc1ccccc1)(C(=O)C(=O)OC(C)C)N1C(=O)[C@@H](C(C)C)N(C(=O)C(C)C)C=C1c1ccccc1. The number of nitrogens with zero attached hydrogens (tertiary/aromatic N) is 2. The number of ketones is 1. The van der Waals surface area contributed by atoms with Gasteiger partial charge in [-0.25, -0.2) is 4.79 Å². The first kappa shape index (κ1) is 31.3. The summed E-state index contributed by atoms with van der Waals surface area (Å²) >= 11 is 0. The van der Waals surface area contributed by atoms with Crippen molar-refractivity contribution >= 4 is 35.2 Å². The Morgan fingerprint density at radius 1 is 0.902 bits per heavy atom. The lowest BCUT2D eigenvalue weighted by molar-refractivity contribution is -0.166. The second-order valence-electron chi connectivity index (χ2n) is 11.1. The van der Waals surface area contributed by atoms with Crippen LogP contribution in [-0.2, 0) is 35.1 Å². The molecule has 0 bridgehead atoms. The Bertz CT molecular complexity index is 1320. The van der Waals surface area contributed by atoms with E-state index in [2.05, 4.69) is 5.32 Å². The van der Waals surface area contributed by atoms with Gasteiger partial charge in [0, 0.05) is 25.5 Å². The van der Waals surface area contributed by atoms with Crippen LogP contribution in [0.1, 0.15) is 59.6 Å². The van der Waals surface area contributed by atoms with Gasteiger partial charge in [0.15, 0.2) is 5.66 Å². The van der Waals surface area contributed by atoms with Gasteiger partial charge >= 0.3 is 5.97 Å². The van der Waals surface area contributed by atoms with Gasteiger partial charge < -0.3 is 15.0 Å². The van der Waals surface area contributed by atoms with Gasteiger partial charge in [0.25, 0.3) is 11.7 Å². The predicted molar refractivity (Wildman–Crippen MR) is 155 cm³/mol. The fraction of sp³-hybridized carbons (Fsp3) is 0.406. The fourth-order valence-electron chi connectivity index (χ4n) is 4.99. The quantitative estimate of drug-likeness (QED) is 0.347. The molecule has 9 nitrogen and oxygen atoms in total. The first-order valence-electron chi connectivity index (χ1n) is 13.8. The molecule has 2 aromatic rings. The Morgan fingerprint density at radius 3 is 1.95 bits per heavy atom. The van der Waals surface area contributed by atoms with E-state index in [1.165, 1.54) is 16.7 Å². The first-order valence-corrected chi connectivity index (χ1v) is 13.8. The average molecular weight is 562 g/mol. The molecule has 218 valence electrons. The Morgan fingerprint density at radius 2 is 1.46 bits per heavy atom. The van der Waals surface area contributed by atoms with Crippen LogP contribution in [0.15, 0.2) is 66.9 Å². The molecule has 0 aromatic heterocycles. The molecule has 0 aliphatic carbocycles. The van der Waals surface area contributed by atoms with Crippen molar-refractivity contribution in [3.05, 3.63) is 78.0 Å². The summed E-state index contributed by atoms with van der Waals surface area (Å²) in [6.45, 7) is 11.5. The Kier molecular flexibility index (Phi) is 9.86. The summed E-state index contributed by atoms with van der Waals surface area (Å²) < 4.78 is 5.31. The summed E-state index contributed by atoms with van der Waals surface area (Å²) in [6, 6.07) is 16.6. The summed E-state index contributed by atoms with van der Waals surface area (Å²) in [5.74, 6) is -4.59. The van der Waals surface area contributed by atoms with E-state index in [0.29, 0.717) is 11.1 Å². The van der Waals surface area contributed by atoms with Crippen LogP contribution in [0.3, 0.4) is 0 Å². The van der Waals surface area contributed by atoms with Crippen molar-refractivity contribution in [1.29, 1.82) is 0 Å². The van der Waals surface area contributed by atoms with Gasteiger partial charge in [-0.05, 0) is 30.9 Å². The van der Waals surface area contributed by atoms with E-state index in [1.54, 1.807) is 108 Å². The minimum Gasteiger partial charge on any atom is -0.457 e. The van der Waals surface area contributed by atoms with Gasteiger partial charge in [-0.1, -0.05) is 88.4 Å². The molecular formula is C32H39N3O6. The minimum atomic E-state index is -2.20. The smallest absolute Gasteiger partial charge is 0.379 e. The molecule has 0 saturated heterocycles. The van der Waals surface area contributed by atoms with Gasteiger partial charge in [-0.2, -0.15) is 0 Å². The highest BCUT2D eigenvalue weighted by Gasteiger charge is 2.56. The molecule has 2 atom stereocenters. The normalized spacial score (nSPS) is 16.9. The number of benzene rings is 2. The minimum absolute atomic E-state index is 0.192. The number of amides is 3. The highest BCUT2D eigenvalue weighted by molar-refractivity contribution is 6.38. The molecule has 3 rings (SSSR count). The molecule has 0 saturated carbocycles. The molecular weight excluding hydrogens is 522 g/mol. The monoisotopic (exact) mass is 561 g/mol. The molecule has 2 aromatic carbocycles. The van der Waals surface area contributed by atoms with Gasteiger partial charge in [0.05, 0.1) is 11.8 Å². The van der Waals surface area contributed by atoms with E-state index in [1.807, 2.05) is 0 Å². The van der Waals surface area contributed by atoms with Gasteiger partial charge in [0.1, 0.15) is 6.04 Å². The predicted octanol–water partition coefficient (Wildman–Crippen LogP) is 3.93. The van der Waals surface area contributed by atoms with E-state index in [4.69, 9.17) is 4.74 Å². The topological polar surface area (TPSA) is 113 Å². The van der Waals surface area contributed by atoms with Crippen LogP contribution < -0.4 is 5.32 Å². The number of ether oxygens (including phenoxy) is 1. The molecule has 0 unspecified atom stereocenters. The molecule has 41 heavy (non-hydrogen) atoms. The lowest BCUT2D eigenvalue weighted by Crippen LogP contribution is -2.72. The van der Waals surface area contributed by atoms with Crippen molar-refractivity contribution < 1.29 is 28.7 Å². The zero-order valence-electron chi connectivity index (χ0n) is 24.7. The number of hydrogen-bond donors (Lipinski definition) is 1. The van der Waals surface area contributed by atoms with E-state index < -0.39 is 47.3 Å². The molecule has 0 spiro atoms. The van der Waals surface area contributed by atoms with Crippen LogP contribution in [0, 0.1) is 11.8 Å². The number of nitrogens with one attached hydrogen (secondary N) is 1. The van der Waals surface area contributed by atoms with Crippen LogP contribution >= 0.6 is 0 Å². The highest BCUT2D eigenvalue weighted by Crippen LogP contribution is 2.37. The Hall–Kier alpha value is -4.27. The van der Waals surface area contributed by atoms with E-state index >= 15 is 0 Å². The average Bonchev–Trinajstić information content (AvgIpc) is 2.91. The Balaban J connectivity index is 2.43. The van der Waals surface area contributed by atoms with Crippen molar-refractivity contribution in [2.75, 3.05) is 0 Å². The Labute approximate surface area is 241 Å². The summed E-state index contributed by atoms with van der Waals surface area (Å²) in [5.41, 5.74) is -0.902. The third-order valence-electron chi connectivity index (χ3n) is 6.70. The molecule has 9 heteroatoms. The number of carbonyl (C=O) groups excluding carboxylic acids is 5. The van der Waals surface area contributed by atoms with Gasteiger partial charge in [0.2, 0.25) is 11.8 Å². The van der Waals surface area contributed by atoms with Crippen molar-refractivity contribution in [1.82, 2.24) is 15.1 Å². The summed E-state index contributed by atoms with van der Waals surface area (Å²) in [6.07, 6.45) is 0.701. The molecule has 0 radical (unpaired) electrons. The lowest BCUT2D eigenvalue weighted by Gasteiger charge is -2.49. The van der Waals surface area contributed by atoms with Crippen LogP contribution in [0.2, 0.25) is 0 Å². The van der Waals surface area contributed by atoms with Crippen molar-refractivity contribution in [3.63, 3.8) is 0 Å². The molecule has 1 aliphatic rings. The molecule has 0 fully saturated rings. The summed E-state index contributed by atoms with van der Waals surface area (Å²) in [4.78, 5) is 71.1. The van der Waals surface area contributed by atoms with Crippen molar-refractivity contribution in [3.8, 4) is 0 Å². The largest absolute Gasteiger partial charge is 0.457 e. The zero-order valence-corrected chi connectivity index (χ0v) is 24.7. The maximum absolute atomic E-state index is 14.7. The zero-order chi connectivity index (χ0) is 30.5. The standard InChI is InChI=1S/C32H39N3O6/c1-20(2)27-30(39)35(26(25-16-12-9-13-17-25)19-34(27)29(38)21(3)4)32(33-23(7)36,18-24-14-10-8-11-15-24)28(37)31(40)41-22(5)6/h8-17,19-22,27H,18H2,1-7H3,(H,33,36)/t27-,32+/m1/s1. The van der Waals surface area contributed by atoms with E-state index in [0.717, 1.165) is 0 Å². The van der Waals surface area contributed by atoms with Crippen LogP contribution in [0.4, 0.5) is 0 Å². The lowest BCUT2D eigenvalue weighted by atomic mass is 9.87. The highest BCUT2D eigenvalue weighted by atomic mass is 16.5. The second-order valence-corrected chi connectivity index (χ2v) is 11.1. The summed E-state index contributed by atoms with van der Waals surface area (Å²) in [5, 5.41) is 2.69. The van der Waals surface area contributed by atoms with Crippen LogP contribution in [0.5, 0.6) is 0 Å². The number of esters is 1. The first-order chi connectivity index (χ1) is 19.3. The van der Waals surface area contributed by atoms with Crippen LogP contribution in [0.25, 0.3) is 5.70 Å². The number of hydrogen-bond acceptors (Lipinski definition) is 6. The maximum Gasteiger partial charge on any atom is 0.379 e. The van der Waals surface area contributed by atoms with E-state index in [-0.39, 0.29) is 23.9 Å². The molecule has 1 N–H and O–H groups in total. The third kappa shape index (κ3) is 6.73. The van der Waals surface area contributed by atoms with Gasteiger partial charge in [-0.15, -0.1) is 0 Å². The molecule has 3 amide bonds. The second kappa shape index (κ2) is 12.9. The van der Waals surface area contributed by atoms with E-state index in [9.17, 15) is 24.0 Å². The number of rotatable bonds is 10. The number of carbonyl (C=O) groups is 5. The third-order valence-corrected chi connectivity index (χ3v) is 6.70. The van der Waals surface area contributed by atoms with Crippen LogP contribution in [-0.4, -0.2) is 57.1 Å². The number of Topliss-reactive ketones (excluding diaryl/α,β-unsaturated/α-hetero) is 1. The van der Waals surface area contributed by atoms with Gasteiger partial charge in [-0.3, -0.25) is 24.1 Å². The fourth-order valence-corrected chi connectivity index (χ4v) is 4.99. The molecule has 1 heterocycles. The van der Waals surface area contributed by atoms with Crippen molar-refractivity contribution in [2.24, 2.45) is 11.8 Å². The molecule has 1 aliphatic heterocycles.